The lowest BCUT2D eigenvalue weighted by Crippen LogP contribution is -2.38. The van der Waals surface area contributed by atoms with Crippen LogP contribution in [0.4, 0.5) is 0 Å². The second-order valence-electron chi connectivity index (χ2n) is 6.14. The standard InChI is InChI=1S/C14H21N3O4/c1-14(2,13(19)20)8-15-10(18)4-3-5-11-16-12(17-21-11)9-6-7-9/h9H,3-8H2,1-2H3,(H,15,18)(H,19,20). The Balaban J connectivity index is 1.65. The van der Waals surface area contributed by atoms with E-state index in [0.29, 0.717) is 31.1 Å². The monoisotopic (exact) mass is 295 g/mol. The van der Waals surface area contributed by atoms with E-state index in [1.165, 1.54) is 0 Å². The van der Waals surface area contributed by atoms with Crippen molar-refractivity contribution >= 4 is 11.9 Å². The molecule has 0 atom stereocenters. The highest BCUT2D eigenvalue weighted by Gasteiger charge is 2.29. The molecule has 0 saturated heterocycles. The molecule has 1 amide bonds. The molecular formula is C14H21N3O4. The smallest absolute Gasteiger partial charge is 0.310 e. The van der Waals surface area contributed by atoms with E-state index in [1.807, 2.05) is 0 Å². The molecule has 0 spiro atoms. The molecule has 1 aromatic heterocycles. The summed E-state index contributed by atoms with van der Waals surface area (Å²) in [7, 11) is 0. The van der Waals surface area contributed by atoms with Crippen molar-refractivity contribution in [1.82, 2.24) is 15.5 Å². The molecule has 0 aromatic carbocycles. The number of nitrogens with zero attached hydrogens (tertiary/aromatic N) is 2. The Morgan fingerprint density at radius 2 is 2.14 bits per heavy atom. The van der Waals surface area contributed by atoms with Gasteiger partial charge in [0.05, 0.1) is 5.41 Å². The molecule has 0 unspecified atom stereocenters. The minimum Gasteiger partial charge on any atom is -0.481 e. The SMILES string of the molecule is CC(C)(CNC(=O)CCCc1nc(C2CC2)no1)C(=O)O. The zero-order valence-electron chi connectivity index (χ0n) is 12.4. The molecule has 116 valence electrons. The van der Waals surface area contributed by atoms with Crippen LogP contribution in [0, 0.1) is 5.41 Å². The third kappa shape index (κ3) is 4.54. The van der Waals surface area contributed by atoms with Crippen LogP contribution < -0.4 is 5.32 Å². The highest BCUT2D eigenvalue weighted by Crippen LogP contribution is 2.38. The van der Waals surface area contributed by atoms with E-state index in [-0.39, 0.29) is 12.5 Å². The van der Waals surface area contributed by atoms with Crippen LogP contribution in [0.5, 0.6) is 0 Å². The molecule has 1 aliphatic rings. The van der Waals surface area contributed by atoms with Gasteiger partial charge in [-0.15, -0.1) is 0 Å². The number of hydrogen-bond acceptors (Lipinski definition) is 5. The van der Waals surface area contributed by atoms with E-state index in [1.54, 1.807) is 13.8 Å². The maximum Gasteiger partial charge on any atom is 0.310 e. The van der Waals surface area contributed by atoms with Crippen LogP contribution in [0.2, 0.25) is 0 Å². The largest absolute Gasteiger partial charge is 0.481 e. The number of carboxylic acids is 1. The second kappa shape index (κ2) is 6.24. The van der Waals surface area contributed by atoms with Crippen LogP contribution in [0.1, 0.15) is 57.2 Å². The highest BCUT2D eigenvalue weighted by molar-refractivity contribution is 5.78. The number of hydrogen-bond donors (Lipinski definition) is 2. The number of aromatic nitrogens is 2. The number of aliphatic carboxylic acids is 1. The van der Waals surface area contributed by atoms with Crippen LogP contribution >= 0.6 is 0 Å². The van der Waals surface area contributed by atoms with Crippen molar-refractivity contribution in [2.45, 2.75) is 51.9 Å². The number of amides is 1. The van der Waals surface area contributed by atoms with Crippen molar-refractivity contribution in [3.05, 3.63) is 11.7 Å². The summed E-state index contributed by atoms with van der Waals surface area (Å²) in [6, 6.07) is 0. The van der Waals surface area contributed by atoms with Gasteiger partial charge < -0.3 is 14.9 Å². The number of carboxylic acid groups (broad SMARTS) is 1. The zero-order valence-corrected chi connectivity index (χ0v) is 12.4. The Bertz CT molecular complexity index is 520. The van der Waals surface area contributed by atoms with Gasteiger partial charge in [0, 0.05) is 25.3 Å². The summed E-state index contributed by atoms with van der Waals surface area (Å²) >= 11 is 0. The second-order valence-corrected chi connectivity index (χ2v) is 6.14. The normalized spacial score (nSPS) is 15.0. The maximum atomic E-state index is 11.7. The molecule has 1 heterocycles. The Morgan fingerprint density at radius 3 is 2.76 bits per heavy atom. The lowest BCUT2D eigenvalue weighted by atomic mass is 9.94. The zero-order chi connectivity index (χ0) is 15.5. The lowest BCUT2D eigenvalue weighted by Gasteiger charge is -2.19. The summed E-state index contributed by atoms with van der Waals surface area (Å²) in [6.45, 7) is 3.27. The fourth-order valence-corrected chi connectivity index (χ4v) is 1.76. The van der Waals surface area contributed by atoms with Gasteiger partial charge in [-0.25, -0.2) is 0 Å². The van der Waals surface area contributed by atoms with Crippen molar-refractivity contribution in [3.8, 4) is 0 Å². The molecule has 2 N–H and O–H groups in total. The van der Waals surface area contributed by atoms with Crippen molar-refractivity contribution in [1.29, 1.82) is 0 Å². The molecular weight excluding hydrogens is 274 g/mol. The van der Waals surface area contributed by atoms with Crippen LogP contribution in [-0.4, -0.2) is 33.7 Å². The summed E-state index contributed by atoms with van der Waals surface area (Å²) in [5.41, 5.74) is -0.957. The van der Waals surface area contributed by atoms with Gasteiger partial charge in [0.15, 0.2) is 5.82 Å². The molecule has 0 radical (unpaired) electrons. The van der Waals surface area contributed by atoms with Gasteiger partial charge in [0.1, 0.15) is 0 Å². The molecule has 7 heteroatoms. The molecule has 2 rings (SSSR count). The Labute approximate surface area is 123 Å². The molecule has 1 fully saturated rings. The summed E-state index contributed by atoms with van der Waals surface area (Å²) in [6.07, 6.45) is 3.74. The molecule has 1 aromatic rings. The fraction of sp³-hybridized carbons (Fsp3) is 0.714. The molecule has 7 nitrogen and oxygen atoms in total. The van der Waals surface area contributed by atoms with E-state index >= 15 is 0 Å². The Hall–Kier alpha value is -1.92. The summed E-state index contributed by atoms with van der Waals surface area (Å²) < 4.78 is 5.12. The van der Waals surface area contributed by atoms with E-state index in [0.717, 1.165) is 18.7 Å². The van der Waals surface area contributed by atoms with Gasteiger partial charge in [-0.1, -0.05) is 5.16 Å². The Morgan fingerprint density at radius 1 is 1.43 bits per heavy atom. The van der Waals surface area contributed by atoms with Crippen molar-refractivity contribution in [2.24, 2.45) is 5.41 Å². The topological polar surface area (TPSA) is 105 Å². The minimum atomic E-state index is -0.957. The quantitative estimate of drug-likeness (QED) is 0.753. The first-order chi connectivity index (χ1) is 9.88. The third-order valence-electron chi connectivity index (χ3n) is 3.53. The first-order valence-electron chi connectivity index (χ1n) is 7.21. The molecule has 0 bridgehead atoms. The van der Waals surface area contributed by atoms with Crippen LogP contribution in [-0.2, 0) is 16.0 Å². The van der Waals surface area contributed by atoms with Gasteiger partial charge in [-0.3, -0.25) is 9.59 Å². The lowest BCUT2D eigenvalue weighted by molar-refractivity contribution is -0.146. The van der Waals surface area contributed by atoms with Crippen LogP contribution in [0.15, 0.2) is 4.52 Å². The number of carbonyl (C=O) groups excluding carboxylic acids is 1. The predicted molar refractivity (Wildman–Crippen MR) is 73.6 cm³/mol. The number of rotatable bonds is 8. The van der Waals surface area contributed by atoms with Gasteiger partial charge in [-0.05, 0) is 33.1 Å². The van der Waals surface area contributed by atoms with E-state index in [9.17, 15) is 9.59 Å². The van der Waals surface area contributed by atoms with E-state index in [4.69, 9.17) is 9.63 Å². The summed E-state index contributed by atoms with van der Waals surface area (Å²) in [5.74, 6) is 0.713. The predicted octanol–water partition coefficient (Wildman–Crippen LogP) is 1.50. The van der Waals surface area contributed by atoms with Crippen LogP contribution in [0.3, 0.4) is 0 Å². The average molecular weight is 295 g/mol. The average Bonchev–Trinajstić information content (AvgIpc) is 3.17. The first-order valence-corrected chi connectivity index (χ1v) is 7.21. The Kier molecular flexibility index (Phi) is 4.59. The summed E-state index contributed by atoms with van der Waals surface area (Å²) in [5, 5.41) is 15.5. The van der Waals surface area contributed by atoms with Crippen molar-refractivity contribution in [2.75, 3.05) is 6.54 Å². The summed E-state index contributed by atoms with van der Waals surface area (Å²) in [4.78, 5) is 26.9. The fourth-order valence-electron chi connectivity index (χ4n) is 1.76. The van der Waals surface area contributed by atoms with Gasteiger partial charge in [0.25, 0.3) is 0 Å². The van der Waals surface area contributed by atoms with E-state index in [2.05, 4.69) is 15.5 Å². The highest BCUT2D eigenvalue weighted by atomic mass is 16.5. The molecule has 21 heavy (non-hydrogen) atoms. The number of aryl methyl sites for hydroxylation is 1. The van der Waals surface area contributed by atoms with Gasteiger partial charge >= 0.3 is 5.97 Å². The van der Waals surface area contributed by atoms with Crippen molar-refractivity contribution in [3.63, 3.8) is 0 Å². The molecule has 1 saturated carbocycles. The number of carbonyl (C=O) groups is 2. The number of nitrogens with one attached hydrogen (secondary N) is 1. The maximum absolute atomic E-state index is 11.7. The van der Waals surface area contributed by atoms with Crippen LogP contribution in [0.25, 0.3) is 0 Å². The van der Waals surface area contributed by atoms with E-state index < -0.39 is 11.4 Å². The van der Waals surface area contributed by atoms with Gasteiger partial charge in [0.2, 0.25) is 11.8 Å². The molecule has 0 aliphatic heterocycles. The van der Waals surface area contributed by atoms with Crippen molar-refractivity contribution < 1.29 is 19.2 Å². The minimum absolute atomic E-state index is 0.119. The van der Waals surface area contributed by atoms with Gasteiger partial charge in [-0.2, -0.15) is 4.98 Å². The first kappa shape index (κ1) is 15.5. The molecule has 1 aliphatic carbocycles. The third-order valence-corrected chi connectivity index (χ3v) is 3.53.